The van der Waals surface area contributed by atoms with Gasteiger partial charge in [-0.15, -0.1) is 0 Å². The number of nitrogens with zero attached hydrogens (tertiary/aromatic N) is 2. The van der Waals surface area contributed by atoms with E-state index >= 15 is 0 Å². The third-order valence-electron chi connectivity index (χ3n) is 4.86. The van der Waals surface area contributed by atoms with E-state index in [1.54, 1.807) is 18.2 Å². The number of aryl methyl sites for hydroxylation is 1. The predicted octanol–water partition coefficient (Wildman–Crippen LogP) is 2.92. The largest absolute Gasteiger partial charge is 0.366 e. The van der Waals surface area contributed by atoms with Gasteiger partial charge in [0.2, 0.25) is 17.8 Å². The predicted molar refractivity (Wildman–Crippen MR) is 113 cm³/mol. The Morgan fingerprint density at radius 1 is 1.31 bits per heavy atom. The Balaban J connectivity index is 1.78. The molecule has 0 radical (unpaired) electrons. The number of rotatable bonds is 7. The van der Waals surface area contributed by atoms with E-state index in [9.17, 15) is 9.59 Å². The number of amides is 2. The fraction of sp³-hybridized carbons (Fsp3) is 0.300. The van der Waals surface area contributed by atoms with Gasteiger partial charge in [0, 0.05) is 23.3 Å². The third kappa shape index (κ3) is 5.03. The van der Waals surface area contributed by atoms with Crippen molar-refractivity contribution < 1.29 is 9.59 Å². The molecule has 5 N–H and O–H groups in total. The number of hydrogen-bond acceptors (Lipinski definition) is 6. The van der Waals surface area contributed by atoms with Gasteiger partial charge in [0.05, 0.1) is 6.20 Å². The standard InChI is InChI=1S/C20H23ClN6O2/c1-3-17(28)24-14-5-4-6-15(14)25-19-13(21)10-23-20(27-19)26-16-9-12(18(22)29)8-7-11(16)2/h3,7-10,14-15H,1,4-6H2,2H3,(H2,22,29)(H,24,28)(H2,23,25,26,27)/t14-,15-/m0/s1. The number of hydrogen-bond donors (Lipinski definition) is 4. The van der Waals surface area contributed by atoms with E-state index in [0.29, 0.717) is 28.0 Å². The summed E-state index contributed by atoms with van der Waals surface area (Å²) in [6.07, 6.45) is 5.48. The number of primary amides is 1. The lowest BCUT2D eigenvalue weighted by atomic mass is 10.1. The fourth-order valence-electron chi connectivity index (χ4n) is 3.28. The third-order valence-corrected chi connectivity index (χ3v) is 5.14. The lowest BCUT2D eigenvalue weighted by Crippen LogP contribution is -2.42. The highest BCUT2D eigenvalue weighted by atomic mass is 35.5. The van der Waals surface area contributed by atoms with Crippen LogP contribution >= 0.6 is 11.6 Å². The molecule has 2 amide bonds. The van der Waals surface area contributed by atoms with E-state index in [1.165, 1.54) is 12.3 Å². The van der Waals surface area contributed by atoms with Crippen molar-refractivity contribution in [3.63, 3.8) is 0 Å². The lowest BCUT2D eigenvalue weighted by molar-refractivity contribution is -0.117. The fourth-order valence-corrected chi connectivity index (χ4v) is 3.43. The van der Waals surface area contributed by atoms with Crippen LogP contribution in [0, 0.1) is 6.92 Å². The van der Waals surface area contributed by atoms with E-state index in [4.69, 9.17) is 17.3 Å². The number of aromatic nitrogens is 2. The van der Waals surface area contributed by atoms with Crippen LogP contribution in [0.15, 0.2) is 37.1 Å². The molecule has 2 aromatic rings. The van der Waals surface area contributed by atoms with Gasteiger partial charge >= 0.3 is 0 Å². The molecule has 2 atom stereocenters. The van der Waals surface area contributed by atoms with Crippen molar-refractivity contribution in [2.45, 2.75) is 38.3 Å². The summed E-state index contributed by atoms with van der Waals surface area (Å²) in [6, 6.07) is 5.08. The van der Waals surface area contributed by atoms with E-state index in [1.807, 2.05) is 6.92 Å². The first kappa shape index (κ1) is 20.6. The van der Waals surface area contributed by atoms with Crippen LogP contribution in [0.2, 0.25) is 5.02 Å². The summed E-state index contributed by atoms with van der Waals surface area (Å²) in [5.41, 5.74) is 7.32. The van der Waals surface area contributed by atoms with Crippen molar-refractivity contribution in [1.82, 2.24) is 15.3 Å². The first-order chi connectivity index (χ1) is 13.9. The van der Waals surface area contributed by atoms with Gasteiger partial charge in [0.1, 0.15) is 5.02 Å². The van der Waals surface area contributed by atoms with Gasteiger partial charge in [-0.2, -0.15) is 4.98 Å². The topological polar surface area (TPSA) is 122 Å². The molecule has 9 heteroatoms. The van der Waals surface area contributed by atoms with Crippen LogP contribution in [0.4, 0.5) is 17.5 Å². The Labute approximate surface area is 173 Å². The Morgan fingerprint density at radius 2 is 2.07 bits per heavy atom. The maximum atomic E-state index is 11.6. The van der Waals surface area contributed by atoms with Crippen molar-refractivity contribution in [3.05, 3.63) is 53.2 Å². The molecule has 1 aromatic heterocycles. The first-order valence-electron chi connectivity index (χ1n) is 9.27. The lowest BCUT2D eigenvalue weighted by Gasteiger charge is -2.22. The molecule has 1 saturated carbocycles. The maximum absolute atomic E-state index is 11.6. The summed E-state index contributed by atoms with van der Waals surface area (Å²) in [6.45, 7) is 5.39. The highest BCUT2D eigenvalue weighted by Gasteiger charge is 2.29. The SMILES string of the molecule is C=CC(=O)N[C@H]1CCC[C@@H]1Nc1nc(Nc2cc(C(N)=O)ccc2C)ncc1Cl. The van der Waals surface area contributed by atoms with Crippen molar-refractivity contribution in [2.24, 2.45) is 5.73 Å². The van der Waals surface area contributed by atoms with Crippen molar-refractivity contribution in [2.75, 3.05) is 10.6 Å². The monoisotopic (exact) mass is 414 g/mol. The second-order valence-corrected chi connectivity index (χ2v) is 7.32. The second-order valence-electron chi connectivity index (χ2n) is 6.91. The second kappa shape index (κ2) is 8.91. The zero-order valence-electron chi connectivity index (χ0n) is 16.0. The minimum Gasteiger partial charge on any atom is -0.366 e. The molecule has 1 aliphatic carbocycles. The van der Waals surface area contributed by atoms with Crippen LogP contribution in [0.25, 0.3) is 0 Å². The normalized spacial score (nSPS) is 18.1. The smallest absolute Gasteiger partial charge is 0.248 e. The summed E-state index contributed by atoms with van der Waals surface area (Å²) < 4.78 is 0. The molecule has 0 bridgehead atoms. The molecule has 0 saturated heterocycles. The van der Waals surface area contributed by atoms with Crippen LogP contribution in [-0.4, -0.2) is 33.9 Å². The van der Waals surface area contributed by atoms with Gasteiger partial charge in [-0.1, -0.05) is 24.2 Å². The highest BCUT2D eigenvalue weighted by Crippen LogP contribution is 2.28. The van der Waals surface area contributed by atoms with Crippen LogP contribution in [0.3, 0.4) is 0 Å². The van der Waals surface area contributed by atoms with E-state index < -0.39 is 5.91 Å². The average Bonchev–Trinajstić information content (AvgIpc) is 3.12. The first-order valence-corrected chi connectivity index (χ1v) is 9.64. The Morgan fingerprint density at radius 3 is 2.79 bits per heavy atom. The summed E-state index contributed by atoms with van der Waals surface area (Å²) in [5.74, 6) is 0.0786. The van der Waals surface area contributed by atoms with Gasteiger partial charge in [-0.25, -0.2) is 4.98 Å². The Hall–Kier alpha value is -3.13. The molecule has 8 nitrogen and oxygen atoms in total. The number of carbonyl (C=O) groups excluding carboxylic acids is 2. The van der Waals surface area contributed by atoms with Crippen LogP contribution in [0.5, 0.6) is 0 Å². The van der Waals surface area contributed by atoms with Crippen molar-refractivity contribution in [1.29, 1.82) is 0 Å². The number of nitrogens with one attached hydrogen (secondary N) is 3. The quantitative estimate of drug-likeness (QED) is 0.517. The average molecular weight is 415 g/mol. The number of halogens is 1. The summed E-state index contributed by atoms with van der Waals surface area (Å²) in [5, 5.41) is 9.72. The molecular weight excluding hydrogens is 392 g/mol. The molecule has 0 aliphatic heterocycles. The minimum absolute atomic E-state index is 0.000856. The van der Waals surface area contributed by atoms with E-state index in [-0.39, 0.29) is 18.0 Å². The molecule has 1 aliphatic rings. The number of benzene rings is 1. The Bertz CT molecular complexity index is 949. The molecule has 3 rings (SSSR count). The Kier molecular flexibility index (Phi) is 6.33. The molecule has 1 heterocycles. The zero-order valence-corrected chi connectivity index (χ0v) is 16.8. The molecule has 0 unspecified atom stereocenters. The summed E-state index contributed by atoms with van der Waals surface area (Å²) in [7, 11) is 0. The molecule has 1 aromatic carbocycles. The molecule has 0 spiro atoms. The zero-order chi connectivity index (χ0) is 21.0. The van der Waals surface area contributed by atoms with Crippen LogP contribution < -0.4 is 21.7 Å². The highest BCUT2D eigenvalue weighted by molar-refractivity contribution is 6.32. The minimum atomic E-state index is -0.513. The van der Waals surface area contributed by atoms with Gasteiger partial charge in [-0.3, -0.25) is 9.59 Å². The number of nitrogens with two attached hydrogens (primary N) is 1. The molecule has 152 valence electrons. The molecule has 1 fully saturated rings. The van der Waals surface area contributed by atoms with Gasteiger partial charge in [0.25, 0.3) is 0 Å². The van der Waals surface area contributed by atoms with Crippen molar-refractivity contribution >= 4 is 40.9 Å². The molecular formula is C20H23ClN6O2. The van der Waals surface area contributed by atoms with Gasteiger partial charge < -0.3 is 21.7 Å². The summed E-state index contributed by atoms with van der Waals surface area (Å²) >= 11 is 6.28. The van der Waals surface area contributed by atoms with E-state index in [2.05, 4.69) is 32.5 Å². The van der Waals surface area contributed by atoms with E-state index in [0.717, 1.165) is 24.8 Å². The van der Waals surface area contributed by atoms with Crippen molar-refractivity contribution in [3.8, 4) is 0 Å². The number of carbonyl (C=O) groups is 2. The van der Waals surface area contributed by atoms with Crippen LogP contribution in [-0.2, 0) is 4.79 Å². The van der Waals surface area contributed by atoms with Crippen LogP contribution in [0.1, 0.15) is 35.2 Å². The number of anilines is 3. The van der Waals surface area contributed by atoms with Gasteiger partial charge in [0.15, 0.2) is 5.82 Å². The maximum Gasteiger partial charge on any atom is 0.248 e. The van der Waals surface area contributed by atoms with Gasteiger partial charge in [-0.05, 0) is 50.0 Å². The summed E-state index contributed by atoms with van der Waals surface area (Å²) in [4.78, 5) is 31.8. The molecule has 29 heavy (non-hydrogen) atoms.